The molecule has 6 aliphatic rings. The number of ether oxygens (including phenoxy) is 1. The normalized spacial score (nSPS) is 42.8. The van der Waals surface area contributed by atoms with Gasteiger partial charge in [-0.2, -0.15) is 0 Å². The number of nitrogens with zero attached hydrogens (tertiary/aromatic N) is 1. The van der Waals surface area contributed by atoms with Crippen molar-refractivity contribution in [2.75, 3.05) is 6.61 Å². The Balaban J connectivity index is 1.07. The number of esters is 1. The first-order valence-corrected chi connectivity index (χ1v) is 15.5. The highest BCUT2D eigenvalue weighted by Crippen LogP contribution is 2.69. The lowest BCUT2D eigenvalue weighted by molar-refractivity contribution is -0.243. The molecule has 0 aromatic carbocycles. The zero-order chi connectivity index (χ0) is 30.0. The van der Waals surface area contributed by atoms with Crippen molar-refractivity contribution in [1.29, 1.82) is 0 Å². The summed E-state index contributed by atoms with van der Waals surface area (Å²) in [5.74, 6) is -2.06. The van der Waals surface area contributed by atoms with Crippen LogP contribution in [0.3, 0.4) is 0 Å². The summed E-state index contributed by atoms with van der Waals surface area (Å²) >= 11 is 0. The van der Waals surface area contributed by atoms with Crippen molar-refractivity contribution >= 4 is 29.7 Å². The van der Waals surface area contributed by atoms with Crippen LogP contribution in [0.25, 0.3) is 0 Å². The van der Waals surface area contributed by atoms with Gasteiger partial charge in [0.25, 0.3) is 11.8 Å². The molecule has 42 heavy (non-hydrogen) atoms. The van der Waals surface area contributed by atoms with E-state index in [4.69, 9.17) is 9.57 Å². The molecule has 4 aliphatic carbocycles. The Morgan fingerprint density at radius 2 is 1.76 bits per heavy atom. The number of rotatable bonds is 6. The van der Waals surface area contributed by atoms with Gasteiger partial charge >= 0.3 is 11.9 Å². The fourth-order valence-corrected chi connectivity index (χ4v) is 9.84. The topological polar surface area (TPSA) is 160 Å². The van der Waals surface area contributed by atoms with Crippen molar-refractivity contribution < 1.29 is 43.8 Å². The van der Waals surface area contributed by atoms with Gasteiger partial charge in [-0.25, -0.2) is 9.59 Å². The Bertz CT molecular complexity index is 1220. The number of nitrogens with one attached hydrogen (secondary N) is 1. The first kappa shape index (κ1) is 29.3. The second-order valence-electron chi connectivity index (χ2n) is 14.0. The molecular formula is C31H42N2O9. The van der Waals surface area contributed by atoms with Gasteiger partial charge in [-0.1, -0.05) is 13.8 Å². The van der Waals surface area contributed by atoms with Crippen LogP contribution in [0.15, 0.2) is 11.6 Å². The minimum atomic E-state index is -1.02. The summed E-state index contributed by atoms with van der Waals surface area (Å²) in [4.78, 5) is 64.7. The average Bonchev–Trinajstić information content (AvgIpc) is 3.60. The smallest absolute Gasteiger partial charge is 0.333 e. The second kappa shape index (κ2) is 10.4. The van der Waals surface area contributed by atoms with Crippen LogP contribution in [0.4, 0.5) is 0 Å². The van der Waals surface area contributed by atoms with Crippen LogP contribution in [-0.2, 0) is 33.5 Å². The van der Waals surface area contributed by atoms with Gasteiger partial charge in [0.05, 0.1) is 18.1 Å². The molecule has 0 radical (unpaired) electrons. The van der Waals surface area contributed by atoms with Crippen molar-refractivity contribution in [3.63, 3.8) is 0 Å². The van der Waals surface area contributed by atoms with Crippen LogP contribution < -0.4 is 5.32 Å². The third-order valence-corrected chi connectivity index (χ3v) is 12.2. The van der Waals surface area contributed by atoms with Crippen LogP contribution in [0.2, 0.25) is 0 Å². The highest BCUT2D eigenvalue weighted by Gasteiger charge is 2.70. The summed E-state index contributed by atoms with van der Waals surface area (Å²) in [6.07, 6.45) is 6.70. The monoisotopic (exact) mass is 586 g/mol. The lowest BCUT2D eigenvalue weighted by Crippen LogP contribution is -2.67. The number of carbonyl (C=O) groups excluding carboxylic acids is 5. The Morgan fingerprint density at radius 1 is 1.02 bits per heavy atom. The molecule has 3 amide bonds. The van der Waals surface area contributed by atoms with Gasteiger partial charge in [-0.15, -0.1) is 5.06 Å². The Hall–Kier alpha value is -2.79. The minimum absolute atomic E-state index is 0.0178. The van der Waals surface area contributed by atoms with Crippen LogP contribution in [0.1, 0.15) is 90.9 Å². The molecule has 11 nitrogen and oxygen atoms in total. The van der Waals surface area contributed by atoms with Gasteiger partial charge in [0.1, 0.15) is 6.61 Å². The predicted octanol–water partition coefficient (Wildman–Crippen LogP) is 2.09. The van der Waals surface area contributed by atoms with Crippen molar-refractivity contribution in [3.8, 4) is 0 Å². The van der Waals surface area contributed by atoms with E-state index in [-0.39, 0.29) is 73.4 Å². The molecule has 9 atom stereocenters. The average molecular weight is 587 g/mol. The number of cyclic esters (lactones) is 1. The Labute approximate surface area is 245 Å². The lowest BCUT2D eigenvalue weighted by atomic mass is 9.42. The van der Waals surface area contributed by atoms with Gasteiger partial charge in [-0.3, -0.25) is 14.4 Å². The van der Waals surface area contributed by atoms with Gasteiger partial charge in [0.2, 0.25) is 5.91 Å². The molecular weight excluding hydrogens is 544 g/mol. The van der Waals surface area contributed by atoms with E-state index < -0.39 is 34.9 Å². The SMILES string of the molecule is C[C@]12CCC(NC(=O)CCC(=O)ON3C(=O)CCC3=O)C[C@H]1CC[C@@H]1[C@@H]2CC(O)[C@]2(C)C(C3=CC(=O)OC3)CC[C@]12O. The lowest BCUT2D eigenvalue weighted by Gasteiger charge is -2.65. The fourth-order valence-electron chi connectivity index (χ4n) is 9.84. The van der Waals surface area contributed by atoms with Crippen molar-refractivity contribution in [2.45, 2.75) is 109 Å². The Kier molecular flexibility index (Phi) is 7.28. The first-order chi connectivity index (χ1) is 19.9. The highest BCUT2D eigenvalue weighted by molar-refractivity contribution is 6.01. The van der Waals surface area contributed by atoms with E-state index in [0.29, 0.717) is 23.8 Å². The number of fused-ring (bicyclic) bond motifs is 5. The van der Waals surface area contributed by atoms with E-state index in [1.165, 1.54) is 0 Å². The van der Waals surface area contributed by atoms with Gasteiger partial charge in [0.15, 0.2) is 0 Å². The number of imide groups is 1. The van der Waals surface area contributed by atoms with Crippen LogP contribution >= 0.6 is 0 Å². The van der Waals surface area contributed by atoms with Gasteiger partial charge in [0, 0.05) is 36.8 Å². The van der Waals surface area contributed by atoms with Crippen LogP contribution in [0, 0.1) is 34.5 Å². The van der Waals surface area contributed by atoms with E-state index in [2.05, 4.69) is 12.2 Å². The van der Waals surface area contributed by atoms with E-state index in [1.807, 2.05) is 6.92 Å². The maximum atomic E-state index is 12.7. The summed E-state index contributed by atoms with van der Waals surface area (Å²) in [6.45, 7) is 4.54. The number of hydrogen-bond donors (Lipinski definition) is 3. The molecule has 0 spiro atoms. The predicted molar refractivity (Wildman–Crippen MR) is 145 cm³/mol. The summed E-state index contributed by atoms with van der Waals surface area (Å²) in [6, 6.07) is -0.0329. The van der Waals surface area contributed by atoms with E-state index in [1.54, 1.807) is 6.08 Å². The highest BCUT2D eigenvalue weighted by atomic mass is 16.7. The number of hydroxylamine groups is 2. The van der Waals surface area contributed by atoms with Gasteiger partial charge in [-0.05, 0) is 86.0 Å². The summed E-state index contributed by atoms with van der Waals surface area (Å²) in [5, 5.41) is 27.6. The molecule has 230 valence electrons. The molecule has 11 heteroatoms. The first-order valence-electron chi connectivity index (χ1n) is 15.5. The molecule has 2 aliphatic heterocycles. The fraction of sp³-hybridized carbons (Fsp3) is 0.774. The third kappa shape index (κ3) is 4.49. The molecule has 0 bridgehead atoms. The molecule has 0 aromatic rings. The summed E-state index contributed by atoms with van der Waals surface area (Å²) in [5.41, 5.74) is -0.952. The quantitative estimate of drug-likeness (QED) is 0.313. The maximum absolute atomic E-state index is 12.7. The molecule has 1 saturated heterocycles. The number of hydrogen-bond acceptors (Lipinski definition) is 9. The van der Waals surface area contributed by atoms with Crippen molar-refractivity contribution in [3.05, 3.63) is 11.6 Å². The number of aliphatic hydroxyl groups is 2. The van der Waals surface area contributed by atoms with Crippen LogP contribution in [-0.4, -0.2) is 69.3 Å². The number of amides is 3. The van der Waals surface area contributed by atoms with E-state index >= 15 is 0 Å². The molecule has 5 fully saturated rings. The largest absolute Gasteiger partial charge is 0.458 e. The molecule has 2 heterocycles. The maximum Gasteiger partial charge on any atom is 0.333 e. The molecule has 6 rings (SSSR count). The number of aliphatic hydroxyl groups excluding tert-OH is 1. The van der Waals surface area contributed by atoms with E-state index in [9.17, 15) is 34.2 Å². The molecule has 4 saturated carbocycles. The zero-order valence-electron chi connectivity index (χ0n) is 24.4. The molecule has 3 N–H and O–H groups in total. The van der Waals surface area contributed by atoms with Gasteiger partial charge < -0.3 is 25.1 Å². The molecule has 3 unspecified atom stereocenters. The van der Waals surface area contributed by atoms with Crippen LogP contribution in [0.5, 0.6) is 0 Å². The second-order valence-corrected chi connectivity index (χ2v) is 14.0. The number of carbonyl (C=O) groups is 5. The minimum Gasteiger partial charge on any atom is -0.458 e. The summed E-state index contributed by atoms with van der Waals surface area (Å²) in [7, 11) is 0. The summed E-state index contributed by atoms with van der Waals surface area (Å²) < 4.78 is 5.19. The van der Waals surface area contributed by atoms with Crippen molar-refractivity contribution in [1.82, 2.24) is 10.4 Å². The molecule has 0 aromatic heterocycles. The zero-order valence-corrected chi connectivity index (χ0v) is 24.4. The third-order valence-electron chi connectivity index (χ3n) is 12.2. The standard InChI is InChI=1S/C31H42N2O9/c1-29-11-9-19(32-24(35)5-8-27(38)42-33-25(36)6-7-26(33)37)14-18(29)3-4-21-22(29)15-23(34)30(2)20(10-12-31(21,30)40)17-13-28(39)41-16-17/h13,18-23,34,40H,3-12,14-16H2,1-2H3,(H,32,35)/t18-,19?,20?,21-,22+,23?,29+,30+,31+/m1/s1. The van der Waals surface area contributed by atoms with Crippen molar-refractivity contribution in [2.24, 2.45) is 34.5 Å². The Morgan fingerprint density at radius 3 is 2.45 bits per heavy atom. The van der Waals surface area contributed by atoms with E-state index in [0.717, 1.165) is 44.1 Å².